The van der Waals surface area contributed by atoms with Crippen LogP contribution >= 0.6 is 0 Å². The minimum Gasteiger partial charge on any atom is -0.495 e. The normalized spacial score (nSPS) is 11.9. The van der Waals surface area contributed by atoms with Crippen molar-refractivity contribution in [3.8, 4) is 11.5 Å². The Hall–Kier alpha value is -4.58. The maximum atomic E-state index is 13.7. The third kappa shape index (κ3) is 3.55. The smallest absolute Gasteiger partial charge is 0.196 e. The molecule has 0 unspecified atom stereocenters. The van der Waals surface area contributed by atoms with Gasteiger partial charge < -0.3 is 20.1 Å². The lowest BCUT2D eigenvalue weighted by atomic mass is 9.82. The van der Waals surface area contributed by atoms with Gasteiger partial charge in [-0.25, -0.2) is 0 Å². The molecule has 5 rings (SSSR count). The number of ether oxygens (including phenoxy) is 2. The van der Waals surface area contributed by atoms with Crippen LogP contribution in [0, 0.1) is 0 Å². The van der Waals surface area contributed by atoms with Gasteiger partial charge in [-0.3, -0.25) is 9.59 Å². The molecule has 0 radical (unpaired) electrons. The van der Waals surface area contributed by atoms with Gasteiger partial charge in [0.25, 0.3) is 0 Å². The van der Waals surface area contributed by atoms with Gasteiger partial charge in [0.15, 0.2) is 11.6 Å². The molecule has 0 amide bonds. The van der Waals surface area contributed by atoms with Crippen molar-refractivity contribution in [3.63, 3.8) is 0 Å². The third-order valence-electron chi connectivity index (χ3n) is 5.82. The van der Waals surface area contributed by atoms with Crippen molar-refractivity contribution in [2.24, 2.45) is 0 Å². The van der Waals surface area contributed by atoms with Gasteiger partial charge in [-0.05, 0) is 36.4 Å². The largest absolute Gasteiger partial charge is 0.495 e. The predicted octanol–water partition coefficient (Wildman–Crippen LogP) is 5.97. The molecular formula is C28H22N2O4. The number of methoxy groups -OCH3 is 2. The monoisotopic (exact) mass is 450 g/mol. The molecule has 0 spiro atoms. The molecular weight excluding hydrogens is 428 g/mol. The van der Waals surface area contributed by atoms with Crippen LogP contribution in [0.2, 0.25) is 0 Å². The van der Waals surface area contributed by atoms with Gasteiger partial charge in [-0.15, -0.1) is 0 Å². The third-order valence-corrected chi connectivity index (χ3v) is 5.82. The molecule has 0 heterocycles. The molecule has 4 aromatic carbocycles. The lowest BCUT2D eigenvalue weighted by Crippen LogP contribution is -2.23. The highest BCUT2D eigenvalue weighted by Gasteiger charge is 2.33. The summed E-state index contributed by atoms with van der Waals surface area (Å²) in [6.45, 7) is 0. The van der Waals surface area contributed by atoms with Crippen LogP contribution in [-0.4, -0.2) is 25.8 Å². The summed E-state index contributed by atoms with van der Waals surface area (Å²) in [5.41, 5.74) is 3.91. The van der Waals surface area contributed by atoms with E-state index >= 15 is 0 Å². The fourth-order valence-corrected chi connectivity index (χ4v) is 4.24. The average Bonchev–Trinajstić information content (AvgIpc) is 2.88. The second-order valence-electron chi connectivity index (χ2n) is 7.77. The van der Waals surface area contributed by atoms with E-state index in [1.165, 1.54) is 0 Å². The van der Waals surface area contributed by atoms with Crippen molar-refractivity contribution in [3.05, 3.63) is 107 Å². The Morgan fingerprint density at radius 3 is 1.29 bits per heavy atom. The van der Waals surface area contributed by atoms with E-state index in [9.17, 15) is 9.59 Å². The Morgan fingerprint density at radius 2 is 0.882 bits per heavy atom. The van der Waals surface area contributed by atoms with E-state index < -0.39 is 0 Å². The maximum Gasteiger partial charge on any atom is 0.196 e. The fraction of sp³-hybridized carbons (Fsp3) is 0.0714. The van der Waals surface area contributed by atoms with Crippen molar-refractivity contribution in [2.75, 3.05) is 24.9 Å². The van der Waals surface area contributed by atoms with Crippen molar-refractivity contribution in [2.45, 2.75) is 0 Å². The first-order chi connectivity index (χ1) is 16.6. The topological polar surface area (TPSA) is 76.7 Å². The Labute approximate surface area is 197 Å². The van der Waals surface area contributed by atoms with Crippen LogP contribution in [0.15, 0.2) is 84.9 Å². The first-order valence-corrected chi connectivity index (χ1v) is 10.8. The number of fused-ring (bicyclic) bond motifs is 2. The molecule has 0 saturated heterocycles. The second-order valence-corrected chi connectivity index (χ2v) is 7.77. The van der Waals surface area contributed by atoms with E-state index in [0.717, 1.165) is 0 Å². The highest BCUT2D eigenvalue weighted by molar-refractivity contribution is 6.32. The molecule has 0 aliphatic heterocycles. The van der Waals surface area contributed by atoms with Gasteiger partial charge in [-0.1, -0.05) is 48.5 Å². The lowest BCUT2D eigenvalue weighted by Gasteiger charge is -2.23. The quantitative estimate of drug-likeness (QED) is 0.332. The Kier molecular flexibility index (Phi) is 5.47. The first-order valence-electron chi connectivity index (χ1n) is 10.8. The molecule has 0 bridgehead atoms. The molecule has 2 N–H and O–H groups in total. The summed E-state index contributed by atoms with van der Waals surface area (Å²) in [6.07, 6.45) is 0. The number of ketones is 2. The van der Waals surface area contributed by atoms with Gasteiger partial charge in [0.05, 0.1) is 48.1 Å². The molecule has 4 aromatic rings. The highest BCUT2D eigenvalue weighted by Crippen LogP contribution is 2.39. The average molecular weight is 450 g/mol. The van der Waals surface area contributed by atoms with Crippen LogP contribution in [-0.2, 0) is 0 Å². The molecule has 168 valence electrons. The molecule has 1 aliphatic rings. The number of para-hydroxylation sites is 4. The van der Waals surface area contributed by atoms with Gasteiger partial charge in [-0.2, -0.15) is 0 Å². The molecule has 0 atom stereocenters. The summed E-state index contributed by atoms with van der Waals surface area (Å²) < 4.78 is 10.8. The molecule has 1 aliphatic carbocycles. The van der Waals surface area contributed by atoms with Crippen molar-refractivity contribution >= 4 is 34.3 Å². The lowest BCUT2D eigenvalue weighted by molar-refractivity contribution is 0.0980. The van der Waals surface area contributed by atoms with E-state index in [4.69, 9.17) is 9.47 Å². The van der Waals surface area contributed by atoms with Crippen molar-refractivity contribution in [1.82, 2.24) is 0 Å². The molecule has 6 nitrogen and oxygen atoms in total. The van der Waals surface area contributed by atoms with E-state index in [0.29, 0.717) is 56.5 Å². The second kappa shape index (κ2) is 8.75. The number of benzene rings is 4. The zero-order chi connectivity index (χ0) is 23.7. The van der Waals surface area contributed by atoms with Gasteiger partial charge in [0.1, 0.15) is 11.5 Å². The zero-order valence-electron chi connectivity index (χ0n) is 18.7. The molecule has 0 saturated carbocycles. The summed E-state index contributed by atoms with van der Waals surface area (Å²) in [7, 11) is 3.17. The summed E-state index contributed by atoms with van der Waals surface area (Å²) in [5, 5.41) is 6.55. The van der Waals surface area contributed by atoms with Gasteiger partial charge in [0, 0.05) is 11.1 Å². The number of nitrogens with one attached hydrogen (secondary N) is 2. The van der Waals surface area contributed by atoms with E-state index in [-0.39, 0.29) is 11.6 Å². The number of carbonyl (C=O) groups is 2. The van der Waals surface area contributed by atoms with Crippen molar-refractivity contribution < 1.29 is 19.1 Å². The van der Waals surface area contributed by atoms with Crippen LogP contribution in [0.5, 0.6) is 11.5 Å². The summed E-state index contributed by atoms with van der Waals surface area (Å²) in [5.74, 6) is 0.842. The molecule has 0 fully saturated rings. The summed E-state index contributed by atoms with van der Waals surface area (Å²) in [6, 6.07) is 25.3. The summed E-state index contributed by atoms with van der Waals surface area (Å²) >= 11 is 0. The van der Waals surface area contributed by atoms with E-state index in [1.54, 1.807) is 50.6 Å². The van der Waals surface area contributed by atoms with Gasteiger partial charge in [0.2, 0.25) is 0 Å². The highest BCUT2D eigenvalue weighted by atomic mass is 16.5. The summed E-state index contributed by atoms with van der Waals surface area (Å²) in [4.78, 5) is 27.3. The van der Waals surface area contributed by atoms with Crippen LogP contribution in [0.4, 0.5) is 22.7 Å². The van der Waals surface area contributed by atoms with E-state index in [2.05, 4.69) is 10.6 Å². The zero-order valence-corrected chi connectivity index (χ0v) is 18.7. The number of rotatable bonds is 6. The number of hydrogen-bond donors (Lipinski definition) is 2. The fourth-order valence-electron chi connectivity index (χ4n) is 4.24. The number of carbonyl (C=O) groups excluding carboxylic acids is 2. The predicted molar refractivity (Wildman–Crippen MR) is 132 cm³/mol. The number of hydrogen-bond acceptors (Lipinski definition) is 6. The van der Waals surface area contributed by atoms with Crippen LogP contribution in [0.3, 0.4) is 0 Å². The van der Waals surface area contributed by atoms with Crippen LogP contribution in [0.1, 0.15) is 31.8 Å². The molecule has 0 aromatic heterocycles. The Bertz CT molecular complexity index is 1320. The first kappa shape index (κ1) is 21.3. The van der Waals surface area contributed by atoms with E-state index in [1.807, 2.05) is 48.5 Å². The maximum absolute atomic E-state index is 13.7. The molecule has 6 heteroatoms. The van der Waals surface area contributed by atoms with Crippen molar-refractivity contribution in [1.29, 1.82) is 0 Å². The standard InChI is InChI=1S/C28H22N2O4/c1-33-23-15-5-3-11-19(23)29-21-13-7-9-17-25(21)27(31)18-10-8-14-22(26(18)28(17)32)30-20-12-4-6-16-24(20)34-2/h3-16,29-30H,1-2H3. The Morgan fingerprint density at radius 1 is 0.500 bits per heavy atom. The molecule has 34 heavy (non-hydrogen) atoms. The minimum atomic E-state index is -0.216. The van der Waals surface area contributed by atoms with Crippen LogP contribution < -0.4 is 20.1 Å². The minimum absolute atomic E-state index is 0.216. The Balaban J connectivity index is 1.59. The SMILES string of the molecule is COc1ccccc1Nc1cccc2c1C(=O)c1cccc(Nc3ccccc3OC)c1C2=O. The van der Waals surface area contributed by atoms with Crippen LogP contribution in [0.25, 0.3) is 0 Å². The van der Waals surface area contributed by atoms with Gasteiger partial charge >= 0.3 is 0 Å². The number of anilines is 4.